The summed E-state index contributed by atoms with van der Waals surface area (Å²) >= 11 is 0. The highest BCUT2D eigenvalue weighted by atomic mass is 16.5. The van der Waals surface area contributed by atoms with E-state index >= 15 is 0 Å². The Morgan fingerprint density at radius 2 is 1.82 bits per heavy atom. The third-order valence-electron chi connectivity index (χ3n) is 5.29. The van der Waals surface area contributed by atoms with Crippen LogP contribution in [0.25, 0.3) is 0 Å². The van der Waals surface area contributed by atoms with Crippen molar-refractivity contribution in [1.82, 2.24) is 10.2 Å². The largest absolute Gasteiger partial charge is 0.497 e. The summed E-state index contributed by atoms with van der Waals surface area (Å²) in [6.07, 6.45) is 1.93. The molecular formula is C20H24N2O6. The number of amides is 3. The summed E-state index contributed by atoms with van der Waals surface area (Å²) in [5.41, 5.74) is -0.392. The molecule has 0 bridgehead atoms. The molecule has 1 aromatic carbocycles. The van der Waals surface area contributed by atoms with Crippen molar-refractivity contribution in [2.75, 3.05) is 13.7 Å². The van der Waals surface area contributed by atoms with Gasteiger partial charge in [0.1, 0.15) is 11.3 Å². The highest BCUT2D eigenvalue weighted by Crippen LogP contribution is 2.35. The Balaban J connectivity index is 1.51. The number of esters is 1. The number of imide groups is 1. The number of Topliss-reactive ketones (excluding diaryl/α,β-unsaturated/α-hetero) is 1. The average Bonchev–Trinajstić information content (AvgIpc) is 3.25. The normalized spacial score (nSPS) is 18.9. The molecule has 1 saturated heterocycles. The van der Waals surface area contributed by atoms with Crippen molar-refractivity contribution < 1.29 is 28.7 Å². The third-order valence-corrected chi connectivity index (χ3v) is 5.29. The smallest absolute Gasteiger partial charge is 0.325 e. The monoisotopic (exact) mass is 388 g/mol. The number of hydrogen-bond acceptors (Lipinski definition) is 6. The van der Waals surface area contributed by atoms with Gasteiger partial charge in [-0.05, 0) is 44.0 Å². The first-order valence-corrected chi connectivity index (χ1v) is 9.38. The second kappa shape index (κ2) is 8.00. The molecule has 1 aliphatic heterocycles. The van der Waals surface area contributed by atoms with Crippen molar-refractivity contribution in [2.24, 2.45) is 0 Å². The topological polar surface area (TPSA) is 102 Å². The van der Waals surface area contributed by atoms with Crippen LogP contribution in [0.5, 0.6) is 5.75 Å². The first-order valence-electron chi connectivity index (χ1n) is 9.38. The lowest BCUT2D eigenvalue weighted by molar-refractivity contribution is -0.146. The minimum absolute atomic E-state index is 0.0608. The van der Waals surface area contributed by atoms with Crippen LogP contribution in [0.15, 0.2) is 24.3 Å². The van der Waals surface area contributed by atoms with Gasteiger partial charge in [-0.15, -0.1) is 0 Å². The second-order valence-electron chi connectivity index (χ2n) is 7.15. The van der Waals surface area contributed by atoms with E-state index in [1.807, 2.05) is 0 Å². The lowest BCUT2D eigenvalue weighted by atomic mass is 9.98. The van der Waals surface area contributed by atoms with E-state index in [0.717, 1.165) is 17.7 Å². The number of ether oxygens (including phenoxy) is 2. The number of carbonyl (C=O) groups excluding carboxylic acids is 4. The number of carbonyl (C=O) groups is 4. The summed E-state index contributed by atoms with van der Waals surface area (Å²) < 4.78 is 10.2. The number of rotatable bonds is 7. The van der Waals surface area contributed by atoms with Crippen molar-refractivity contribution >= 4 is 23.7 Å². The summed E-state index contributed by atoms with van der Waals surface area (Å²) in [5, 5.41) is 2.76. The molecule has 3 rings (SSSR count). The van der Waals surface area contributed by atoms with E-state index in [1.165, 1.54) is 14.0 Å². The highest BCUT2D eigenvalue weighted by molar-refractivity contribution is 6.07. The Morgan fingerprint density at radius 3 is 2.43 bits per heavy atom. The van der Waals surface area contributed by atoms with Gasteiger partial charge in [-0.2, -0.15) is 0 Å². The first kappa shape index (κ1) is 19.9. The van der Waals surface area contributed by atoms with E-state index in [0.29, 0.717) is 24.2 Å². The molecule has 1 heterocycles. The molecule has 1 aliphatic carbocycles. The van der Waals surface area contributed by atoms with Crippen LogP contribution in [0.3, 0.4) is 0 Å². The van der Waals surface area contributed by atoms with Crippen LogP contribution in [0.1, 0.15) is 49.4 Å². The molecule has 1 saturated carbocycles. The van der Waals surface area contributed by atoms with Gasteiger partial charge < -0.3 is 14.8 Å². The van der Waals surface area contributed by atoms with Crippen molar-refractivity contribution in [3.05, 3.63) is 29.8 Å². The van der Waals surface area contributed by atoms with E-state index in [1.54, 1.807) is 24.3 Å². The van der Waals surface area contributed by atoms with Gasteiger partial charge in [-0.3, -0.25) is 19.3 Å². The molecule has 150 valence electrons. The number of benzene rings is 1. The molecule has 0 unspecified atom stereocenters. The maximum atomic E-state index is 12.5. The fraction of sp³-hybridized carbons (Fsp3) is 0.500. The Hall–Kier alpha value is -2.90. The van der Waals surface area contributed by atoms with Crippen LogP contribution >= 0.6 is 0 Å². The van der Waals surface area contributed by atoms with Crippen LogP contribution in [0.2, 0.25) is 0 Å². The van der Waals surface area contributed by atoms with Crippen molar-refractivity contribution in [1.29, 1.82) is 0 Å². The van der Waals surface area contributed by atoms with E-state index in [-0.39, 0.29) is 24.7 Å². The predicted molar refractivity (Wildman–Crippen MR) is 98.9 cm³/mol. The molecular weight excluding hydrogens is 364 g/mol. The van der Waals surface area contributed by atoms with Gasteiger partial charge in [0.2, 0.25) is 5.78 Å². The number of nitrogens with zero attached hydrogens (tertiary/aromatic N) is 1. The summed E-state index contributed by atoms with van der Waals surface area (Å²) in [4.78, 5) is 50.2. The SMILES string of the molecule is COc1ccc(C(=O)[C@@H](C)OC(=O)CCN2C(=O)NC3(CCCC3)C2=O)cc1. The lowest BCUT2D eigenvalue weighted by Crippen LogP contribution is -2.44. The predicted octanol–water partition coefficient (Wildman–Crippen LogP) is 2.06. The standard InChI is InChI=1S/C20H24N2O6/c1-13(17(24)14-5-7-15(27-2)8-6-14)28-16(23)9-12-22-18(25)20(21-19(22)26)10-3-4-11-20/h5-8,13H,3-4,9-12H2,1-2H3,(H,21,26)/t13-/m1/s1. The molecule has 8 heteroatoms. The van der Waals surface area contributed by atoms with Gasteiger partial charge in [0, 0.05) is 12.1 Å². The zero-order chi connectivity index (χ0) is 20.3. The molecule has 2 aliphatic rings. The fourth-order valence-corrected chi connectivity index (χ4v) is 3.70. The zero-order valence-corrected chi connectivity index (χ0v) is 16.0. The summed E-state index contributed by atoms with van der Waals surface area (Å²) in [5.74, 6) is -0.627. The number of nitrogens with one attached hydrogen (secondary N) is 1. The van der Waals surface area contributed by atoms with Crippen molar-refractivity contribution in [3.8, 4) is 5.75 Å². The Kier molecular flexibility index (Phi) is 5.67. The quantitative estimate of drug-likeness (QED) is 0.436. The van der Waals surface area contributed by atoms with E-state index in [2.05, 4.69) is 5.32 Å². The van der Waals surface area contributed by atoms with Crippen LogP contribution in [0, 0.1) is 0 Å². The molecule has 0 aromatic heterocycles. The van der Waals surface area contributed by atoms with Gasteiger partial charge in [0.15, 0.2) is 6.10 Å². The summed E-state index contributed by atoms with van der Waals surface area (Å²) in [6.45, 7) is 1.43. The van der Waals surface area contributed by atoms with E-state index < -0.39 is 23.6 Å². The van der Waals surface area contributed by atoms with Crippen LogP contribution in [0.4, 0.5) is 4.79 Å². The van der Waals surface area contributed by atoms with Crippen molar-refractivity contribution in [2.45, 2.75) is 50.7 Å². The fourth-order valence-electron chi connectivity index (χ4n) is 3.70. The second-order valence-corrected chi connectivity index (χ2v) is 7.15. The van der Waals surface area contributed by atoms with Gasteiger partial charge in [0.05, 0.1) is 13.5 Å². The van der Waals surface area contributed by atoms with Crippen LogP contribution < -0.4 is 10.1 Å². The van der Waals surface area contributed by atoms with Gasteiger partial charge in [0.25, 0.3) is 5.91 Å². The zero-order valence-electron chi connectivity index (χ0n) is 16.0. The average molecular weight is 388 g/mol. The van der Waals surface area contributed by atoms with Gasteiger partial charge in [-0.1, -0.05) is 12.8 Å². The van der Waals surface area contributed by atoms with Crippen molar-refractivity contribution in [3.63, 3.8) is 0 Å². The molecule has 8 nitrogen and oxygen atoms in total. The summed E-state index contributed by atoms with van der Waals surface area (Å²) in [6, 6.07) is 6.03. The van der Waals surface area contributed by atoms with E-state index in [9.17, 15) is 19.2 Å². The lowest BCUT2D eigenvalue weighted by Gasteiger charge is -2.20. The molecule has 1 spiro atoms. The van der Waals surface area contributed by atoms with Gasteiger partial charge >= 0.3 is 12.0 Å². The Morgan fingerprint density at radius 1 is 1.18 bits per heavy atom. The summed E-state index contributed by atoms with van der Waals surface area (Å²) in [7, 11) is 1.53. The molecule has 1 N–H and O–H groups in total. The van der Waals surface area contributed by atoms with Crippen LogP contribution in [-0.4, -0.2) is 53.9 Å². The number of ketones is 1. The van der Waals surface area contributed by atoms with Gasteiger partial charge in [-0.25, -0.2) is 4.79 Å². The molecule has 3 amide bonds. The molecule has 0 radical (unpaired) electrons. The maximum Gasteiger partial charge on any atom is 0.325 e. The Labute approximate surface area is 163 Å². The number of hydrogen-bond donors (Lipinski definition) is 1. The molecule has 28 heavy (non-hydrogen) atoms. The van der Waals surface area contributed by atoms with E-state index in [4.69, 9.17) is 9.47 Å². The first-order chi connectivity index (χ1) is 13.4. The third kappa shape index (κ3) is 3.85. The Bertz CT molecular complexity index is 782. The molecule has 1 atom stereocenters. The molecule has 2 fully saturated rings. The van der Waals surface area contributed by atoms with Crippen LogP contribution in [-0.2, 0) is 14.3 Å². The number of urea groups is 1. The molecule has 1 aromatic rings. The maximum absolute atomic E-state index is 12.5. The number of methoxy groups -OCH3 is 1. The highest BCUT2D eigenvalue weighted by Gasteiger charge is 2.52. The minimum atomic E-state index is -0.967. The minimum Gasteiger partial charge on any atom is -0.497 e.